The lowest BCUT2D eigenvalue weighted by atomic mass is 10.0. The van der Waals surface area contributed by atoms with Gasteiger partial charge < -0.3 is 0 Å². The molecule has 0 aromatic heterocycles. The Balaban J connectivity index is 0.000000196. The fourth-order valence-corrected chi connectivity index (χ4v) is 2.72. The molecule has 0 aliphatic carbocycles. The van der Waals surface area contributed by atoms with E-state index in [4.69, 9.17) is 0 Å². The highest BCUT2D eigenvalue weighted by Gasteiger charge is 2.01. The predicted molar refractivity (Wildman–Crippen MR) is 103 cm³/mol. The summed E-state index contributed by atoms with van der Waals surface area (Å²) in [5.74, 6) is -0.0744. The average Bonchev–Trinajstić information content (AvgIpc) is 2.65. The van der Waals surface area contributed by atoms with E-state index in [0.717, 1.165) is 16.7 Å². The lowest BCUT2D eigenvalue weighted by Crippen LogP contribution is -1.92. The number of nitrogens with one attached hydrogen (secondary N) is 1. The van der Waals surface area contributed by atoms with Crippen LogP contribution in [0.3, 0.4) is 0 Å². The third-order valence-corrected chi connectivity index (χ3v) is 4.18. The highest BCUT2D eigenvalue weighted by atomic mass is 32.2. The number of rotatable bonds is 4. The standard InChI is InChI=1S/C14H12O.C7H8FNS/c1-11(15)13-8-5-9-14(10-13)12-6-3-2-4-7-12;1-9-10-7-5-3-2-4-6(7)8/h2-10H,1H3;2-5,9H,1H3. The summed E-state index contributed by atoms with van der Waals surface area (Å²) in [6.07, 6.45) is 0. The maximum absolute atomic E-state index is 12.7. The Bertz CT molecular complexity index is 821. The maximum Gasteiger partial charge on any atom is 0.159 e. The molecule has 0 bridgehead atoms. The molecule has 0 aliphatic heterocycles. The van der Waals surface area contributed by atoms with E-state index in [-0.39, 0.29) is 11.6 Å². The number of hydrogen-bond donors (Lipinski definition) is 1. The van der Waals surface area contributed by atoms with Crippen molar-refractivity contribution in [1.82, 2.24) is 4.72 Å². The van der Waals surface area contributed by atoms with E-state index >= 15 is 0 Å². The summed E-state index contributed by atoms with van der Waals surface area (Å²) < 4.78 is 15.5. The van der Waals surface area contributed by atoms with E-state index in [9.17, 15) is 9.18 Å². The van der Waals surface area contributed by atoms with Gasteiger partial charge in [0.15, 0.2) is 5.78 Å². The zero-order chi connectivity index (χ0) is 18.1. The molecule has 3 aromatic rings. The first kappa shape index (κ1) is 18.9. The smallest absolute Gasteiger partial charge is 0.159 e. The van der Waals surface area contributed by atoms with E-state index in [1.54, 1.807) is 26.1 Å². The van der Waals surface area contributed by atoms with E-state index in [1.807, 2.05) is 60.7 Å². The zero-order valence-corrected chi connectivity index (χ0v) is 15.0. The maximum atomic E-state index is 12.7. The first-order chi connectivity index (χ1) is 12.1. The summed E-state index contributed by atoms with van der Waals surface area (Å²) in [5, 5.41) is 0. The third kappa shape index (κ3) is 5.85. The van der Waals surface area contributed by atoms with Crippen molar-refractivity contribution < 1.29 is 9.18 Å². The van der Waals surface area contributed by atoms with Crippen molar-refractivity contribution in [3.05, 3.63) is 90.2 Å². The van der Waals surface area contributed by atoms with Crippen molar-refractivity contribution in [2.75, 3.05) is 7.05 Å². The Morgan fingerprint density at radius 2 is 1.52 bits per heavy atom. The van der Waals surface area contributed by atoms with E-state index in [1.165, 1.54) is 18.0 Å². The molecule has 0 spiro atoms. The molecule has 1 N–H and O–H groups in total. The second kappa shape index (κ2) is 9.77. The van der Waals surface area contributed by atoms with Crippen LogP contribution in [0.25, 0.3) is 11.1 Å². The molecule has 0 aliphatic rings. The minimum absolute atomic E-state index is 0.104. The van der Waals surface area contributed by atoms with Crippen LogP contribution in [-0.4, -0.2) is 12.8 Å². The van der Waals surface area contributed by atoms with Gasteiger partial charge >= 0.3 is 0 Å². The summed E-state index contributed by atoms with van der Waals surface area (Å²) >= 11 is 1.28. The van der Waals surface area contributed by atoms with Crippen LogP contribution in [0.1, 0.15) is 17.3 Å². The summed E-state index contributed by atoms with van der Waals surface area (Å²) in [4.78, 5) is 11.9. The van der Waals surface area contributed by atoms with E-state index < -0.39 is 0 Å². The van der Waals surface area contributed by atoms with Crippen LogP contribution in [0, 0.1) is 5.82 Å². The van der Waals surface area contributed by atoms with Crippen molar-refractivity contribution in [3.8, 4) is 11.1 Å². The molecular weight excluding hydrogens is 333 g/mol. The van der Waals surface area contributed by atoms with Gasteiger partial charge in [-0.1, -0.05) is 60.7 Å². The molecule has 0 fully saturated rings. The van der Waals surface area contributed by atoms with Crippen LogP contribution >= 0.6 is 11.9 Å². The molecule has 0 heterocycles. The van der Waals surface area contributed by atoms with Crippen LogP contribution in [0.5, 0.6) is 0 Å². The molecule has 128 valence electrons. The molecule has 0 radical (unpaired) electrons. The molecule has 3 aromatic carbocycles. The second-order valence-corrected chi connectivity index (χ2v) is 6.29. The fourth-order valence-electron chi connectivity index (χ4n) is 2.19. The Morgan fingerprint density at radius 1 is 0.880 bits per heavy atom. The fraction of sp³-hybridized carbons (Fsp3) is 0.0952. The van der Waals surface area contributed by atoms with Gasteiger partial charge in [-0.05, 0) is 55.2 Å². The Hall–Kier alpha value is -2.43. The van der Waals surface area contributed by atoms with Gasteiger partial charge in [0.1, 0.15) is 5.82 Å². The van der Waals surface area contributed by atoms with Crippen molar-refractivity contribution >= 4 is 17.7 Å². The second-order valence-electron chi connectivity index (χ2n) is 5.24. The normalized spacial score (nSPS) is 9.88. The molecule has 0 saturated carbocycles. The van der Waals surface area contributed by atoms with Gasteiger partial charge in [-0.15, -0.1) is 0 Å². The molecule has 0 amide bonds. The monoisotopic (exact) mass is 353 g/mol. The van der Waals surface area contributed by atoms with Gasteiger partial charge in [0.2, 0.25) is 0 Å². The minimum Gasteiger partial charge on any atom is -0.295 e. The molecule has 25 heavy (non-hydrogen) atoms. The third-order valence-electron chi connectivity index (χ3n) is 3.42. The molecule has 0 saturated heterocycles. The number of carbonyl (C=O) groups is 1. The number of benzene rings is 3. The Morgan fingerprint density at radius 3 is 2.16 bits per heavy atom. The van der Waals surface area contributed by atoms with Crippen molar-refractivity contribution in [2.24, 2.45) is 0 Å². The number of Topliss-reactive ketones (excluding diaryl/α,β-unsaturated/α-hetero) is 1. The molecule has 0 atom stereocenters. The molecule has 0 unspecified atom stereocenters. The highest BCUT2D eigenvalue weighted by Crippen LogP contribution is 2.20. The number of halogens is 1. The van der Waals surface area contributed by atoms with Crippen LogP contribution in [-0.2, 0) is 0 Å². The average molecular weight is 353 g/mol. The van der Waals surface area contributed by atoms with Gasteiger partial charge in [0.25, 0.3) is 0 Å². The van der Waals surface area contributed by atoms with Crippen LogP contribution in [0.2, 0.25) is 0 Å². The molecule has 3 rings (SSSR count). The van der Waals surface area contributed by atoms with Gasteiger partial charge in [-0.3, -0.25) is 9.52 Å². The lowest BCUT2D eigenvalue weighted by Gasteiger charge is -2.02. The minimum atomic E-state index is -0.179. The Kier molecular flexibility index (Phi) is 7.38. The Labute approximate surface area is 152 Å². The summed E-state index contributed by atoms with van der Waals surface area (Å²) in [6, 6.07) is 24.4. The first-order valence-corrected chi connectivity index (χ1v) is 8.68. The summed E-state index contributed by atoms with van der Waals surface area (Å²) in [5.41, 5.74) is 2.99. The largest absolute Gasteiger partial charge is 0.295 e. The summed E-state index contributed by atoms with van der Waals surface area (Å²) in [7, 11) is 1.76. The number of carbonyl (C=O) groups excluding carboxylic acids is 1. The van der Waals surface area contributed by atoms with Gasteiger partial charge in [-0.2, -0.15) is 0 Å². The lowest BCUT2D eigenvalue weighted by molar-refractivity contribution is 0.101. The SMILES string of the molecule is CC(=O)c1cccc(-c2ccccc2)c1.CNSc1ccccc1F. The highest BCUT2D eigenvalue weighted by molar-refractivity contribution is 7.97. The van der Waals surface area contributed by atoms with E-state index in [0.29, 0.717) is 4.90 Å². The topological polar surface area (TPSA) is 29.1 Å². The van der Waals surface area contributed by atoms with Gasteiger partial charge in [-0.25, -0.2) is 4.39 Å². The molecule has 4 heteroatoms. The van der Waals surface area contributed by atoms with Gasteiger partial charge in [0, 0.05) is 5.56 Å². The predicted octanol–water partition coefficient (Wildman–Crippen LogP) is 5.61. The zero-order valence-electron chi connectivity index (χ0n) is 14.2. The van der Waals surface area contributed by atoms with Crippen LogP contribution in [0.4, 0.5) is 4.39 Å². The van der Waals surface area contributed by atoms with E-state index in [2.05, 4.69) is 4.72 Å². The molecular formula is C21H20FNOS. The first-order valence-electron chi connectivity index (χ1n) is 7.86. The quantitative estimate of drug-likeness (QED) is 0.488. The van der Waals surface area contributed by atoms with Crippen molar-refractivity contribution in [2.45, 2.75) is 11.8 Å². The molecule has 2 nitrogen and oxygen atoms in total. The van der Waals surface area contributed by atoms with Crippen molar-refractivity contribution in [1.29, 1.82) is 0 Å². The number of ketones is 1. The summed E-state index contributed by atoms with van der Waals surface area (Å²) in [6.45, 7) is 1.59. The van der Waals surface area contributed by atoms with Crippen LogP contribution in [0.15, 0.2) is 83.8 Å². The number of hydrogen-bond acceptors (Lipinski definition) is 3. The van der Waals surface area contributed by atoms with Crippen molar-refractivity contribution in [3.63, 3.8) is 0 Å². The van der Waals surface area contributed by atoms with Gasteiger partial charge in [0.05, 0.1) is 4.90 Å². The van der Waals surface area contributed by atoms with Crippen LogP contribution < -0.4 is 4.72 Å².